The van der Waals surface area contributed by atoms with Crippen molar-refractivity contribution in [2.75, 3.05) is 61.4 Å². The summed E-state index contributed by atoms with van der Waals surface area (Å²) >= 11 is 1.55. The molecule has 3 atom stereocenters. The van der Waals surface area contributed by atoms with E-state index in [0.29, 0.717) is 61.7 Å². The summed E-state index contributed by atoms with van der Waals surface area (Å²) in [6, 6.07) is 5.03. The summed E-state index contributed by atoms with van der Waals surface area (Å²) in [5.74, 6) is 1.18. The van der Waals surface area contributed by atoms with E-state index in [0.717, 1.165) is 63.6 Å². The highest BCUT2D eigenvalue weighted by molar-refractivity contribution is 7.16. The molecule has 1 unspecified atom stereocenters. The van der Waals surface area contributed by atoms with Crippen molar-refractivity contribution in [3.8, 4) is 18.1 Å². The highest BCUT2D eigenvalue weighted by Crippen LogP contribution is 2.52. The first kappa shape index (κ1) is 25.7. The number of aryl methyl sites for hydroxylation is 1. The third kappa shape index (κ3) is 4.15. The molecule has 12 heteroatoms. The fourth-order valence-corrected chi connectivity index (χ4v) is 8.86. The van der Waals surface area contributed by atoms with E-state index in [-0.39, 0.29) is 22.9 Å². The van der Waals surface area contributed by atoms with Crippen molar-refractivity contribution in [1.29, 1.82) is 10.5 Å². The van der Waals surface area contributed by atoms with Gasteiger partial charge in [-0.2, -0.15) is 25.5 Å². The number of fused-ring (bicyclic) bond motifs is 3. The number of nitrogen functional groups attached to an aromatic ring is 1. The molecule has 1 aliphatic carbocycles. The third-order valence-electron chi connectivity index (χ3n) is 9.77. The predicted octanol–water partition coefficient (Wildman–Crippen LogP) is 3.18. The lowest BCUT2D eigenvalue weighted by Crippen LogP contribution is -2.59. The van der Waals surface area contributed by atoms with E-state index in [1.165, 1.54) is 4.88 Å². The van der Waals surface area contributed by atoms with Crippen LogP contribution >= 0.6 is 11.3 Å². The van der Waals surface area contributed by atoms with E-state index in [1.807, 2.05) is 0 Å². The topological polar surface area (TPSA) is 131 Å². The van der Waals surface area contributed by atoms with Gasteiger partial charge in [0.1, 0.15) is 23.8 Å². The van der Waals surface area contributed by atoms with E-state index in [9.17, 15) is 14.9 Å². The Morgan fingerprint density at radius 1 is 1.05 bits per heavy atom. The number of ether oxygens (including phenoxy) is 1. The number of aromatic nitrogens is 3. The second-order valence-electron chi connectivity index (χ2n) is 12.2. The maximum atomic E-state index is 14.3. The van der Waals surface area contributed by atoms with E-state index < -0.39 is 6.17 Å². The van der Waals surface area contributed by atoms with Gasteiger partial charge in [-0.25, -0.2) is 4.39 Å². The normalized spacial score (nSPS) is 29.0. The van der Waals surface area contributed by atoms with Crippen molar-refractivity contribution in [1.82, 2.24) is 19.9 Å². The van der Waals surface area contributed by atoms with Gasteiger partial charge in [-0.3, -0.25) is 4.90 Å². The Morgan fingerprint density at radius 2 is 1.88 bits per heavy atom. The Labute approximate surface area is 237 Å². The summed E-state index contributed by atoms with van der Waals surface area (Å²) in [7, 11) is 0. The lowest BCUT2D eigenvalue weighted by molar-refractivity contribution is 0.107. The number of rotatable bonds is 5. The van der Waals surface area contributed by atoms with Gasteiger partial charge in [-0.15, -0.1) is 11.3 Å². The van der Waals surface area contributed by atoms with Crippen molar-refractivity contribution in [3.05, 3.63) is 16.0 Å². The average molecular weight is 564 g/mol. The van der Waals surface area contributed by atoms with Gasteiger partial charge < -0.3 is 20.3 Å². The van der Waals surface area contributed by atoms with E-state index in [1.54, 1.807) is 11.3 Å². The van der Waals surface area contributed by atoms with Gasteiger partial charge in [0, 0.05) is 55.4 Å². The SMILES string of the molecule is N#Cc1c(N)sc2c1C1(CC2)CN(c2nc(OC[C@@]34CCCN3C[C@H](F)C4)nc(N3CCCC(C#N)CC3)n2)C1. The highest BCUT2D eigenvalue weighted by atomic mass is 32.1. The summed E-state index contributed by atoms with van der Waals surface area (Å²) in [4.78, 5) is 22.1. The molecule has 0 saturated carbocycles. The number of hydrogen-bond acceptors (Lipinski definition) is 11. The molecule has 2 N–H and O–H groups in total. The van der Waals surface area contributed by atoms with Crippen LogP contribution in [0.15, 0.2) is 0 Å². The largest absolute Gasteiger partial charge is 0.461 e. The number of nitriles is 2. The molecule has 0 aromatic carbocycles. The Morgan fingerprint density at radius 3 is 2.67 bits per heavy atom. The zero-order valence-electron chi connectivity index (χ0n) is 22.6. The lowest BCUT2D eigenvalue weighted by Gasteiger charge is -2.48. The standard InChI is InChI=1S/C28H34FN9OS/c29-19-11-28(6-2-9-38(28)14-19)17-39-26-34-24(36-8-1-3-18(12-30)5-10-36)33-25(35-26)37-15-27(16-37)7-4-21-22(27)20(13-31)23(32)40-21/h18-19H,1-11,14-17,32H2/t18?,19-,28+/m1/s1. The summed E-state index contributed by atoms with van der Waals surface area (Å²) < 4.78 is 20.6. The van der Waals surface area contributed by atoms with Crippen LogP contribution in [0.1, 0.15) is 60.9 Å². The Hall–Kier alpha value is -3.22. The zero-order valence-corrected chi connectivity index (χ0v) is 23.4. The molecule has 2 aromatic rings. The molecule has 6 heterocycles. The van der Waals surface area contributed by atoms with Gasteiger partial charge in [0.15, 0.2) is 0 Å². The third-order valence-corrected chi connectivity index (χ3v) is 10.8. The second kappa shape index (κ2) is 9.71. The van der Waals surface area contributed by atoms with E-state index >= 15 is 0 Å². The summed E-state index contributed by atoms with van der Waals surface area (Å²) in [5, 5.41) is 19.8. The van der Waals surface area contributed by atoms with Crippen LogP contribution in [-0.2, 0) is 11.8 Å². The number of halogens is 1. The molecule has 5 aliphatic rings. The summed E-state index contributed by atoms with van der Waals surface area (Å²) in [6.07, 6.45) is 6.11. The molecule has 40 heavy (non-hydrogen) atoms. The fourth-order valence-electron chi connectivity index (χ4n) is 7.72. The van der Waals surface area contributed by atoms with Crippen molar-refractivity contribution in [2.45, 2.75) is 68.5 Å². The fraction of sp³-hybridized carbons (Fsp3) is 0.679. The van der Waals surface area contributed by atoms with Crippen molar-refractivity contribution < 1.29 is 9.13 Å². The lowest BCUT2D eigenvalue weighted by atomic mass is 9.74. The second-order valence-corrected chi connectivity index (χ2v) is 13.4. The van der Waals surface area contributed by atoms with Gasteiger partial charge in [0.2, 0.25) is 11.9 Å². The molecule has 7 rings (SSSR count). The molecule has 0 amide bonds. The number of thiophene rings is 1. The molecule has 4 saturated heterocycles. The minimum absolute atomic E-state index is 0.0460. The van der Waals surface area contributed by atoms with Crippen LogP contribution < -0.4 is 20.3 Å². The van der Waals surface area contributed by atoms with E-state index in [2.05, 4.69) is 26.8 Å². The smallest absolute Gasteiger partial charge is 0.323 e. The first-order valence-electron chi connectivity index (χ1n) is 14.4. The summed E-state index contributed by atoms with van der Waals surface area (Å²) in [5.41, 5.74) is 7.54. The van der Waals surface area contributed by atoms with E-state index in [4.69, 9.17) is 25.4 Å². The maximum Gasteiger partial charge on any atom is 0.323 e. The van der Waals surface area contributed by atoms with Gasteiger partial charge >= 0.3 is 6.01 Å². The molecule has 2 aromatic heterocycles. The van der Waals surface area contributed by atoms with Crippen molar-refractivity contribution in [2.24, 2.45) is 5.92 Å². The van der Waals surface area contributed by atoms with Gasteiger partial charge in [-0.1, -0.05) is 0 Å². The minimum Gasteiger partial charge on any atom is -0.461 e. The molecule has 0 bridgehead atoms. The van der Waals surface area contributed by atoms with Crippen LogP contribution in [0.25, 0.3) is 0 Å². The molecule has 10 nitrogen and oxygen atoms in total. The maximum absolute atomic E-state index is 14.3. The molecule has 4 fully saturated rings. The molecule has 1 spiro atoms. The highest BCUT2D eigenvalue weighted by Gasteiger charge is 2.52. The molecule has 0 radical (unpaired) electrons. The molecular formula is C28H34FN9OS. The molecule has 4 aliphatic heterocycles. The van der Waals surface area contributed by atoms with Crippen LogP contribution in [0.4, 0.5) is 21.3 Å². The van der Waals surface area contributed by atoms with Crippen molar-refractivity contribution in [3.63, 3.8) is 0 Å². The Balaban J connectivity index is 1.16. The number of hydrogen-bond donors (Lipinski definition) is 1. The van der Waals surface area contributed by atoms with Crippen LogP contribution in [0.3, 0.4) is 0 Å². The minimum atomic E-state index is -0.823. The van der Waals surface area contributed by atoms with Crippen LogP contribution in [0, 0.1) is 28.6 Å². The first-order chi connectivity index (χ1) is 19.4. The zero-order chi connectivity index (χ0) is 27.5. The number of alkyl halides is 1. The monoisotopic (exact) mass is 563 g/mol. The van der Waals surface area contributed by atoms with Crippen LogP contribution in [0.5, 0.6) is 6.01 Å². The Bertz CT molecular complexity index is 1400. The van der Waals surface area contributed by atoms with Crippen LogP contribution in [-0.4, -0.2) is 77.4 Å². The van der Waals surface area contributed by atoms with Gasteiger partial charge in [-0.05, 0) is 57.1 Å². The number of nitrogens with two attached hydrogens (primary N) is 1. The van der Waals surface area contributed by atoms with Gasteiger partial charge in [0.05, 0.1) is 17.2 Å². The van der Waals surface area contributed by atoms with Gasteiger partial charge in [0.25, 0.3) is 0 Å². The van der Waals surface area contributed by atoms with Crippen LogP contribution in [0.2, 0.25) is 0 Å². The number of nitrogens with zero attached hydrogens (tertiary/aromatic N) is 8. The molecular weight excluding hydrogens is 529 g/mol. The first-order valence-corrected chi connectivity index (χ1v) is 15.2. The number of anilines is 3. The summed E-state index contributed by atoms with van der Waals surface area (Å²) in [6.45, 7) is 4.64. The molecule has 210 valence electrons. The van der Waals surface area contributed by atoms with Crippen molar-refractivity contribution >= 4 is 28.2 Å². The Kier molecular flexibility index (Phi) is 6.24. The predicted molar refractivity (Wildman–Crippen MR) is 149 cm³/mol. The quantitative estimate of drug-likeness (QED) is 0.579. The average Bonchev–Trinajstić information content (AvgIpc) is 3.59.